The zero-order valence-electron chi connectivity index (χ0n) is 5.28. The largest absolute Gasteiger partial charge is 1.00 e. The number of hydrogen-bond acceptors (Lipinski definition) is 1. The quantitative estimate of drug-likeness (QED) is 0.322. The molecule has 32 valence electrons. The van der Waals surface area contributed by atoms with Crippen molar-refractivity contribution in [2.24, 2.45) is 5.73 Å². The van der Waals surface area contributed by atoms with E-state index >= 15 is 0 Å². The van der Waals surface area contributed by atoms with Crippen LogP contribution in [-0.2, 0) is 0 Å². The van der Waals surface area contributed by atoms with Gasteiger partial charge in [-0.1, -0.05) is 6.42 Å². The molecule has 2 N–H and O–H groups in total. The average molecular weight is 79.1 g/mol. The molecule has 0 heterocycles. The van der Waals surface area contributed by atoms with Crippen LogP contribution in [0.2, 0.25) is 0 Å². The second-order valence-electron chi connectivity index (χ2n) is 1.69. The summed E-state index contributed by atoms with van der Waals surface area (Å²) in [6.45, 7) is 0. The Morgan fingerprint density at radius 2 is 1.83 bits per heavy atom. The van der Waals surface area contributed by atoms with Gasteiger partial charge in [0.25, 0.3) is 0 Å². The minimum absolute atomic E-state index is 0. The molecule has 0 amide bonds. The van der Waals surface area contributed by atoms with Gasteiger partial charge >= 0.3 is 18.9 Å². The van der Waals surface area contributed by atoms with E-state index < -0.39 is 0 Å². The van der Waals surface area contributed by atoms with Crippen molar-refractivity contribution in [2.75, 3.05) is 0 Å². The van der Waals surface area contributed by atoms with E-state index in [4.69, 9.17) is 5.73 Å². The van der Waals surface area contributed by atoms with Crippen LogP contribution in [0.15, 0.2) is 0 Å². The number of nitrogens with two attached hydrogens (primary N) is 1. The first kappa shape index (κ1) is 6.56. The third-order valence-electron chi connectivity index (χ3n) is 1.15. The van der Waals surface area contributed by atoms with Gasteiger partial charge < -0.3 is 7.16 Å². The van der Waals surface area contributed by atoms with Crippen molar-refractivity contribution in [2.45, 2.75) is 25.3 Å². The van der Waals surface area contributed by atoms with Crippen LogP contribution in [-0.4, -0.2) is 6.04 Å². The summed E-state index contributed by atoms with van der Waals surface area (Å²) in [5.74, 6) is 0. The summed E-state index contributed by atoms with van der Waals surface area (Å²) in [4.78, 5) is 0. The van der Waals surface area contributed by atoms with E-state index in [0.29, 0.717) is 6.04 Å². The molecule has 0 unspecified atom stereocenters. The first-order valence-electron chi connectivity index (χ1n) is 2.15. The van der Waals surface area contributed by atoms with Gasteiger partial charge in [-0.25, -0.2) is 0 Å². The van der Waals surface area contributed by atoms with Crippen LogP contribution >= 0.6 is 0 Å². The molecule has 1 saturated carbocycles. The Hall–Kier alpha value is 0.557. The SMILES string of the molecule is NC1CCC1.[H-].[Li+]. The Balaban J connectivity index is 0. The van der Waals surface area contributed by atoms with Gasteiger partial charge in [0.2, 0.25) is 0 Å². The fraction of sp³-hybridized carbons (Fsp3) is 1.00. The summed E-state index contributed by atoms with van der Waals surface area (Å²) in [5, 5.41) is 0. The molecule has 1 aliphatic carbocycles. The molecule has 0 aromatic carbocycles. The van der Waals surface area contributed by atoms with Crippen molar-refractivity contribution >= 4 is 0 Å². The second kappa shape index (κ2) is 2.68. The van der Waals surface area contributed by atoms with Gasteiger partial charge in [0.05, 0.1) is 0 Å². The molecule has 1 fully saturated rings. The van der Waals surface area contributed by atoms with Gasteiger partial charge in [-0.2, -0.15) is 0 Å². The second-order valence-corrected chi connectivity index (χ2v) is 1.69. The normalized spacial score (nSPS) is 21.5. The monoisotopic (exact) mass is 79.1 g/mol. The van der Waals surface area contributed by atoms with Crippen molar-refractivity contribution in [1.29, 1.82) is 0 Å². The van der Waals surface area contributed by atoms with E-state index in [1.54, 1.807) is 0 Å². The summed E-state index contributed by atoms with van der Waals surface area (Å²) in [6.07, 6.45) is 3.89. The van der Waals surface area contributed by atoms with Crippen LogP contribution in [0.5, 0.6) is 0 Å². The van der Waals surface area contributed by atoms with Crippen molar-refractivity contribution < 1.29 is 20.3 Å². The average Bonchev–Trinajstić information content (AvgIpc) is 1.30. The molecule has 0 aromatic heterocycles. The standard InChI is InChI=1S/C4H9N.Li.H/c5-4-2-1-3-4;;/h4H,1-3,5H2;;/q;+1;-1. The van der Waals surface area contributed by atoms with Crippen LogP contribution in [0.1, 0.15) is 20.7 Å². The van der Waals surface area contributed by atoms with Gasteiger partial charge in [-0.15, -0.1) is 0 Å². The maximum atomic E-state index is 5.38. The van der Waals surface area contributed by atoms with Crippen molar-refractivity contribution in [3.05, 3.63) is 0 Å². The Morgan fingerprint density at radius 3 is 1.83 bits per heavy atom. The third-order valence-corrected chi connectivity index (χ3v) is 1.15. The van der Waals surface area contributed by atoms with Crippen LogP contribution in [0.25, 0.3) is 0 Å². The Morgan fingerprint density at radius 1 is 1.50 bits per heavy atom. The van der Waals surface area contributed by atoms with Crippen molar-refractivity contribution in [3.8, 4) is 0 Å². The molecule has 0 radical (unpaired) electrons. The molecule has 0 aliphatic heterocycles. The molecule has 0 aromatic rings. The number of rotatable bonds is 0. The van der Waals surface area contributed by atoms with Crippen LogP contribution < -0.4 is 24.6 Å². The van der Waals surface area contributed by atoms with E-state index in [1.165, 1.54) is 19.3 Å². The summed E-state index contributed by atoms with van der Waals surface area (Å²) >= 11 is 0. The van der Waals surface area contributed by atoms with Gasteiger partial charge in [-0.3, -0.25) is 0 Å². The smallest absolute Gasteiger partial charge is 1.00 e. The minimum atomic E-state index is 0. The molecule has 0 bridgehead atoms. The zero-order chi connectivity index (χ0) is 3.70. The summed E-state index contributed by atoms with van der Waals surface area (Å²) in [5.41, 5.74) is 5.38. The van der Waals surface area contributed by atoms with E-state index in [0.717, 1.165) is 0 Å². The van der Waals surface area contributed by atoms with Gasteiger partial charge in [0.1, 0.15) is 0 Å². The molecule has 0 saturated heterocycles. The summed E-state index contributed by atoms with van der Waals surface area (Å²) in [6, 6.07) is 0.565. The maximum absolute atomic E-state index is 5.38. The minimum Gasteiger partial charge on any atom is -1.00 e. The molecule has 2 heteroatoms. The van der Waals surface area contributed by atoms with Crippen LogP contribution in [0.3, 0.4) is 0 Å². The van der Waals surface area contributed by atoms with Gasteiger partial charge in [0, 0.05) is 6.04 Å². The molecule has 6 heavy (non-hydrogen) atoms. The maximum Gasteiger partial charge on any atom is 1.00 e. The molecule has 1 rings (SSSR count). The topological polar surface area (TPSA) is 26.0 Å². The van der Waals surface area contributed by atoms with E-state index in [1.807, 2.05) is 0 Å². The molecule has 1 aliphatic rings. The van der Waals surface area contributed by atoms with E-state index in [2.05, 4.69) is 0 Å². The Labute approximate surface area is 52.0 Å². The first-order chi connectivity index (χ1) is 2.39. The molecule has 0 atom stereocenters. The Bertz CT molecular complexity index is 38.7. The van der Waals surface area contributed by atoms with E-state index in [9.17, 15) is 0 Å². The molecule has 0 spiro atoms. The van der Waals surface area contributed by atoms with Crippen LogP contribution in [0.4, 0.5) is 0 Å². The zero-order valence-corrected chi connectivity index (χ0v) is 4.28. The van der Waals surface area contributed by atoms with Gasteiger partial charge in [-0.05, 0) is 12.8 Å². The molecular weight excluding hydrogens is 69.0 g/mol. The van der Waals surface area contributed by atoms with Crippen LogP contribution in [0, 0.1) is 0 Å². The fourth-order valence-corrected chi connectivity index (χ4v) is 0.440. The van der Waals surface area contributed by atoms with Crippen molar-refractivity contribution in [3.63, 3.8) is 0 Å². The Kier molecular flexibility index (Phi) is 2.93. The van der Waals surface area contributed by atoms with E-state index in [-0.39, 0.29) is 20.3 Å². The first-order valence-corrected chi connectivity index (χ1v) is 2.15. The predicted molar refractivity (Wildman–Crippen MR) is 22.9 cm³/mol. The third kappa shape index (κ3) is 1.34. The fourth-order valence-electron chi connectivity index (χ4n) is 0.440. The predicted octanol–water partition coefficient (Wildman–Crippen LogP) is -2.39. The summed E-state index contributed by atoms with van der Waals surface area (Å²) in [7, 11) is 0. The summed E-state index contributed by atoms with van der Waals surface area (Å²) < 4.78 is 0. The van der Waals surface area contributed by atoms with Crippen molar-refractivity contribution in [1.82, 2.24) is 0 Å². The number of hydrogen-bond donors (Lipinski definition) is 1. The molecule has 1 nitrogen and oxygen atoms in total. The molecular formula is C4H10LiN. The van der Waals surface area contributed by atoms with Gasteiger partial charge in [0.15, 0.2) is 0 Å².